The molecule has 4 heteroatoms. The highest BCUT2D eigenvalue weighted by Crippen LogP contribution is 2.10. The lowest BCUT2D eigenvalue weighted by atomic mass is 10.2. The molecular weight excluding hydrogens is 162 g/mol. The van der Waals surface area contributed by atoms with Crippen LogP contribution >= 0.6 is 12.6 Å². The van der Waals surface area contributed by atoms with E-state index in [1.165, 1.54) is 0 Å². The van der Waals surface area contributed by atoms with Gasteiger partial charge in [-0.05, 0) is 12.8 Å². The Labute approximate surface area is 71.9 Å². The summed E-state index contributed by atoms with van der Waals surface area (Å²) >= 11 is 3.84. The number of carbonyl (C=O) groups is 1. The molecule has 1 heterocycles. The lowest BCUT2D eigenvalue weighted by Crippen LogP contribution is -2.32. The molecule has 0 aromatic rings. The van der Waals surface area contributed by atoms with Crippen molar-refractivity contribution in [2.24, 2.45) is 0 Å². The molecule has 1 fully saturated rings. The topological polar surface area (TPSA) is 38.3 Å². The minimum absolute atomic E-state index is 0.0242. The molecule has 3 nitrogen and oxygen atoms in total. The van der Waals surface area contributed by atoms with Gasteiger partial charge in [0, 0.05) is 13.2 Å². The number of nitrogens with one attached hydrogen (secondary N) is 1. The summed E-state index contributed by atoms with van der Waals surface area (Å²) in [6.45, 7) is 1.47. The van der Waals surface area contributed by atoms with Crippen LogP contribution in [-0.4, -0.2) is 30.9 Å². The number of thiol groups is 1. The van der Waals surface area contributed by atoms with Gasteiger partial charge in [-0.3, -0.25) is 4.79 Å². The van der Waals surface area contributed by atoms with Gasteiger partial charge in [-0.15, -0.1) is 0 Å². The van der Waals surface area contributed by atoms with Crippen molar-refractivity contribution in [3.8, 4) is 0 Å². The second-order valence-electron chi connectivity index (χ2n) is 2.60. The molecule has 0 aromatic carbocycles. The highest BCUT2D eigenvalue weighted by Gasteiger charge is 2.15. The molecule has 1 unspecified atom stereocenters. The van der Waals surface area contributed by atoms with E-state index in [1.54, 1.807) is 0 Å². The van der Waals surface area contributed by atoms with E-state index >= 15 is 0 Å². The molecule has 1 atom stereocenters. The summed E-state index contributed by atoms with van der Waals surface area (Å²) < 4.78 is 5.31. The molecule has 1 aliphatic heterocycles. The van der Waals surface area contributed by atoms with Crippen molar-refractivity contribution in [1.82, 2.24) is 5.32 Å². The molecule has 1 saturated heterocycles. The average molecular weight is 175 g/mol. The fourth-order valence-corrected chi connectivity index (χ4v) is 1.20. The van der Waals surface area contributed by atoms with Gasteiger partial charge in [0.05, 0.1) is 11.9 Å². The number of amides is 1. The van der Waals surface area contributed by atoms with Crippen molar-refractivity contribution in [3.05, 3.63) is 0 Å². The van der Waals surface area contributed by atoms with Gasteiger partial charge in [0.25, 0.3) is 0 Å². The Hall–Kier alpha value is -0.220. The van der Waals surface area contributed by atoms with Crippen LogP contribution in [0.4, 0.5) is 0 Å². The van der Waals surface area contributed by atoms with E-state index in [-0.39, 0.29) is 17.8 Å². The number of hydrogen-bond acceptors (Lipinski definition) is 3. The van der Waals surface area contributed by atoms with Gasteiger partial charge >= 0.3 is 0 Å². The first-order chi connectivity index (χ1) is 5.33. The summed E-state index contributed by atoms with van der Waals surface area (Å²) in [5.74, 6) is 0.232. The Morgan fingerprint density at radius 1 is 1.73 bits per heavy atom. The molecular formula is C7H13NO2S. The summed E-state index contributed by atoms with van der Waals surface area (Å²) in [6.07, 6.45) is 2.41. The van der Waals surface area contributed by atoms with Crippen LogP contribution in [0.2, 0.25) is 0 Å². The Morgan fingerprint density at radius 3 is 3.09 bits per heavy atom. The van der Waals surface area contributed by atoms with E-state index in [4.69, 9.17) is 4.74 Å². The van der Waals surface area contributed by atoms with Gasteiger partial charge in [-0.1, -0.05) is 0 Å². The molecule has 0 spiro atoms. The molecule has 1 rings (SSSR count). The zero-order valence-electron chi connectivity index (χ0n) is 6.38. The molecule has 0 bridgehead atoms. The molecule has 1 amide bonds. The molecule has 1 aliphatic rings. The Morgan fingerprint density at radius 2 is 2.55 bits per heavy atom. The predicted octanol–water partition coefficient (Wildman–Crippen LogP) is 0.211. The Kier molecular flexibility index (Phi) is 3.72. The third kappa shape index (κ3) is 3.12. The van der Waals surface area contributed by atoms with Crippen molar-refractivity contribution in [2.75, 3.05) is 18.9 Å². The summed E-state index contributed by atoms with van der Waals surface area (Å²) in [7, 11) is 0. The minimum Gasteiger partial charge on any atom is -0.376 e. The zero-order chi connectivity index (χ0) is 8.10. The first kappa shape index (κ1) is 8.87. The van der Waals surface area contributed by atoms with Crippen LogP contribution in [0.1, 0.15) is 12.8 Å². The summed E-state index contributed by atoms with van der Waals surface area (Å²) in [6, 6.07) is 0. The first-order valence-electron chi connectivity index (χ1n) is 3.82. The van der Waals surface area contributed by atoms with E-state index in [2.05, 4.69) is 17.9 Å². The molecule has 0 aliphatic carbocycles. The number of hydrogen-bond donors (Lipinski definition) is 2. The molecule has 1 N–H and O–H groups in total. The summed E-state index contributed by atoms with van der Waals surface area (Å²) in [4.78, 5) is 10.7. The second-order valence-corrected chi connectivity index (χ2v) is 2.91. The molecule has 0 aromatic heterocycles. The van der Waals surface area contributed by atoms with Gasteiger partial charge in [-0.25, -0.2) is 0 Å². The SMILES string of the molecule is O=C(CS)NCC1CCCO1. The normalized spacial score (nSPS) is 23.5. The maximum atomic E-state index is 10.7. The van der Waals surface area contributed by atoms with Crippen LogP contribution < -0.4 is 5.32 Å². The van der Waals surface area contributed by atoms with Gasteiger partial charge in [0.15, 0.2) is 0 Å². The number of ether oxygens (including phenoxy) is 1. The number of carbonyl (C=O) groups excluding carboxylic acids is 1. The van der Waals surface area contributed by atoms with Crippen LogP contribution in [0.5, 0.6) is 0 Å². The third-order valence-electron chi connectivity index (χ3n) is 1.69. The van der Waals surface area contributed by atoms with E-state index in [0.717, 1.165) is 19.4 Å². The highest BCUT2D eigenvalue weighted by molar-refractivity contribution is 7.81. The Balaban J connectivity index is 2.06. The standard InChI is InChI=1S/C7H13NO2S/c9-7(5-11)8-4-6-2-1-3-10-6/h6,11H,1-5H2,(H,8,9). The fourth-order valence-electron chi connectivity index (χ4n) is 1.09. The van der Waals surface area contributed by atoms with E-state index < -0.39 is 0 Å². The van der Waals surface area contributed by atoms with E-state index in [1.807, 2.05) is 0 Å². The van der Waals surface area contributed by atoms with Gasteiger partial charge in [0.2, 0.25) is 5.91 Å². The lowest BCUT2D eigenvalue weighted by Gasteiger charge is -2.09. The second kappa shape index (κ2) is 4.62. The maximum absolute atomic E-state index is 10.7. The van der Waals surface area contributed by atoms with Crippen LogP contribution in [0.3, 0.4) is 0 Å². The highest BCUT2D eigenvalue weighted by atomic mass is 32.1. The Bertz CT molecular complexity index is 134. The molecule has 64 valence electrons. The van der Waals surface area contributed by atoms with Crippen molar-refractivity contribution < 1.29 is 9.53 Å². The minimum atomic E-state index is -0.0242. The predicted molar refractivity (Wildman–Crippen MR) is 45.8 cm³/mol. The largest absolute Gasteiger partial charge is 0.376 e. The van der Waals surface area contributed by atoms with E-state index in [0.29, 0.717) is 6.54 Å². The van der Waals surface area contributed by atoms with Crippen LogP contribution in [-0.2, 0) is 9.53 Å². The van der Waals surface area contributed by atoms with Crippen LogP contribution in [0.15, 0.2) is 0 Å². The summed E-state index contributed by atoms with van der Waals surface area (Å²) in [5.41, 5.74) is 0. The van der Waals surface area contributed by atoms with Crippen molar-refractivity contribution in [1.29, 1.82) is 0 Å². The van der Waals surface area contributed by atoms with Crippen LogP contribution in [0, 0.1) is 0 Å². The maximum Gasteiger partial charge on any atom is 0.229 e. The van der Waals surface area contributed by atoms with Crippen LogP contribution in [0.25, 0.3) is 0 Å². The molecule has 0 radical (unpaired) electrons. The fraction of sp³-hybridized carbons (Fsp3) is 0.857. The zero-order valence-corrected chi connectivity index (χ0v) is 7.27. The summed E-state index contributed by atoms with van der Waals surface area (Å²) in [5, 5.41) is 2.73. The number of rotatable bonds is 3. The third-order valence-corrected chi connectivity index (χ3v) is 1.98. The van der Waals surface area contributed by atoms with Gasteiger partial charge < -0.3 is 10.1 Å². The van der Waals surface area contributed by atoms with Crippen molar-refractivity contribution >= 4 is 18.5 Å². The smallest absolute Gasteiger partial charge is 0.229 e. The first-order valence-corrected chi connectivity index (χ1v) is 4.45. The van der Waals surface area contributed by atoms with Gasteiger partial charge in [0.1, 0.15) is 0 Å². The average Bonchev–Trinajstić information content (AvgIpc) is 2.52. The molecule has 0 saturated carbocycles. The quantitative estimate of drug-likeness (QED) is 0.602. The van der Waals surface area contributed by atoms with E-state index in [9.17, 15) is 4.79 Å². The lowest BCUT2D eigenvalue weighted by molar-refractivity contribution is -0.119. The molecule has 11 heavy (non-hydrogen) atoms. The van der Waals surface area contributed by atoms with Gasteiger partial charge in [-0.2, -0.15) is 12.6 Å². The monoisotopic (exact) mass is 175 g/mol. The van der Waals surface area contributed by atoms with Crippen molar-refractivity contribution in [3.63, 3.8) is 0 Å². The van der Waals surface area contributed by atoms with Crippen molar-refractivity contribution in [2.45, 2.75) is 18.9 Å².